The molecular formula is C14H13N3O4S. The van der Waals surface area contributed by atoms with Crippen molar-refractivity contribution in [3.05, 3.63) is 47.9 Å². The van der Waals surface area contributed by atoms with Gasteiger partial charge in [0, 0.05) is 6.54 Å². The molecule has 0 unspecified atom stereocenters. The quantitative estimate of drug-likeness (QED) is 0.581. The lowest BCUT2D eigenvalue weighted by Crippen LogP contribution is -2.46. The third kappa shape index (κ3) is 3.29. The maximum atomic E-state index is 11.6. The average Bonchev–Trinajstić information content (AvgIpc) is 3.20. The van der Waals surface area contributed by atoms with Crippen LogP contribution in [0.4, 0.5) is 0 Å². The summed E-state index contributed by atoms with van der Waals surface area (Å²) in [7, 11) is 0. The van der Waals surface area contributed by atoms with Crippen molar-refractivity contribution in [1.29, 1.82) is 0 Å². The number of nitrogens with one attached hydrogen (secondary N) is 3. The van der Waals surface area contributed by atoms with Crippen LogP contribution in [0.1, 0.15) is 16.1 Å². The number of hydrazine groups is 1. The van der Waals surface area contributed by atoms with Crippen LogP contribution in [0.3, 0.4) is 0 Å². The fourth-order valence-corrected chi connectivity index (χ4v) is 1.98. The molecule has 1 aromatic heterocycles. The van der Waals surface area contributed by atoms with Crippen LogP contribution >= 0.6 is 12.2 Å². The molecular weight excluding hydrogens is 306 g/mol. The van der Waals surface area contributed by atoms with Gasteiger partial charge in [0.2, 0.25) is 6.79 Å². The predicted molar refractivity (Wildman–Crippen MR) is 81.3 cm³/mol. The lowest BCUT2D eigenvalue weighted by molar-refractivity contribution is 0.0915. The summed E-state index contributed by atoms with van der Waals surface area (Å²) < 4.78 is 15.5. The normalized spacial score (nSPS) is 11.8. The number of amides is 1. The Morgan fingerprint density at radius 2 is 2.05 bits per heavy atom. The minimum atomic E-state index is -0.405. The van der Waals surface area contributed by atoms with E-state index in [0.29, 0.717) is 12.3 Å². The van der Waals surface area contributed by atoms with Crippen LogP contribution in [0, 0.1) is 0 Å². The van der Waals surface area contributed by atoms with Gasteiger partial charge in [-0.3, -0.25) is 15.6 Å². The molecule has 0 saturated carbocycles. The number of benzene rings is 1. The van der Waals surface area contributed by atoms with Crippen molar-refractivity contribution >= 4 is 23.2 Å². The van der Waals surface area contributed by atoms with Gasteiger partial charge in [0.15, 0.2) is 22.4 Å². The number of fused-ring (bicyclic) bond motifs is 1. The van der Waals surface area contributed by atoms with Gasteiger partial charge in [-0.25, -0.2) is 0 Å². The number of ether oxygens (including phenoxy) is 2. The number of thiocarbonyl (C=S) groups is 1. The molecule has 1 amide bonds. The number of rotatable bonds is 3. The van der Waals surface area contributed by atoms with Gasteiger partial charge in [0.05, 0.1) is 6.26 Å². The van der Waals surface area contributed by atoms with Crippen molar-refractivity contribution in [2.24, 2.45) is 0 Å². The van der Waals surface area contributed by atoms with Gasteiger partial charge in [-0.05, 0) is 42.0 Å². The Morgan fingerprint density at radius 3 is 2.86 bits per heavy atom. The highest BCUT2D eigenvalue weighted by Crippen LogP contribution is 2.32. The highest BCUT2D eigenvalue weighted by molar-refractivity contribution is 7.80. The van der Waals surface area contributed by atoms with E-state index in [9.17, 15) is 4.79 Å². The SMILES string of the molecule is O=C(NNC(=S)NCc1ccc2c(c1)OCO2)c1ccco1. The van der Waals surface area contributed by atoms with E-state index in [0.717, 1.165) is 11.3 Å². The number of carbonyl (C=O) groups is 1. The molecule has 2 aromatic rings. The maximum absolute atomic E-state index is 11.6. The second-order valence-corrected chi connectivity index (χ2v) is 4.83. The minimum absolute atomic E-state index is 0.200. The second kappa shape index (κ2) is 6.35. The summed E-state index contributed by atoms with van der Waals surface area (Å²) >= 11 is 5.08. The smallest absolute Gasteiger partial charge is 0.305 e. The van der Waals surface area contributed by atoms with E-state index in [1.807, 2.05) is 18.2 Å². The van der Waals surface area contributed by atoms with Crippen molar-refractivity contribution < 1.29 is 18.7 Å². The lowest BCUT2D eigenvalue weighted by atomic mass is 10.2. The fourth-order valence-electron chi connectivity index (χ4n) is 1.86. The van der Waals surface area contributed by atoms with Gasteiger partial charge in [0.1, 0.15) is 0 Å². The summed E-state index contributed by atoms with van der Waals surface area (Å²) in [5.74, 6) is 1.24. The predicted octanol–water partition coefficient (Wildman–Crippen LogP) is 1.32. The first kappa shape index (κ1) is 14.2. The van der Waals surface area contributed by atoms with Gasteiger partial charge < -0.3 is 19.2 Å². The van der Waals surface area contributed by atoms with Crippen LogP contribution in [0.15, 0.2) is 41.0 Å². The fraction of sp³-hybridized carbons (Fsp3) is 0.143. The second-order valence-electron chi connectivity index (χ2n) is 4.43. The number of furan rings is 1. The topological polar surface area (TPSA) is 84.8 Å². The number of carbonyl (C=O) groups excluding carboxylic acids is 1. The van der Waals surface area contributed by atoms with Gasteiger partial charge >= 0.3 is 5.91 Å². The first-order chi connectivity index (χ1) is 10.7. The molecule has 2 heterocycles. The Bertz CT molecular complexity index is 687. The van der Waals surface area contributed by atoms with Crippen LogP contribution in [0.5, 0.6) is 11.5 Å². The summed E-state index contributed by atoms with van der Waals surface area (Å²) in [6.45, 7) is 0.726. The van der Waals surface area contributed by atoms with Crippen molar-refractivity contribution in [1.82, 2.24) is 16.2 Å². The molecule has 0 aliphatic carbocycles. The Morgan fingerprint density at radius 1 is 1.18 bits per heavy atom. The van der Waals surface area contributed by atoms with E-state index in [4.69, 9.17) is 26.1 Å². The zero-order valence-corrected chi connectivity index (χ0v) is 12.2. The Labute approximate surface area is 131 Å². The standard InChI is InChI=1S/C14H13N3O4S/c18-13(11-2-1-5-19-11)16-17-14(22)15-7-9-3-4-10-12(6-9)21-8-20-10/h1-6H,7-8H2,(H,16,18)(H2,15,17,22). The Hall–Kier alpha value is -2.74. The monoisotopic (exact) mass is 319 g/mol. The summed E-state index contributed by atoms with van der Waals surface area (Å²) in [6.07, 6.45) is 1.42. The molecule has 8 heteroatoms. The molecule has 114 valence electrons. The van der Waals surface area contributed by atoms with Crippen LogP contribution in [0.2, 0.25) is 0 Å². The first-order valence-electron chi connectivity index (χ1n) is 6.48. The summed E-state index contributed by atoms with van der Waals surface area (Å²) in [6, 6.07) is 8.81. The van der Waals surface area contributed by atoms with Crippen LogP contribution in [0.25, 0.3) is 0 Å². The van der Waals surface area contributed by atoms with Gasteiger partial charge in [0.25, 0.3) is 0 Å². The third-order valence-corrected chi connectivity index (χ3v) is 3.17. The van der Waals surface area contributed by atoms with Crippen LogP contribution in [-0.2, 0) is 6.54 Å². The van der Waals surface area contributed by atoms with Crippen molar-refractivity contribution in [2.75, 3.05) is 6.79 Å². The Balaban J connectivity index is 1.45. The average molecular weight is 319 g/mol. The highest BCUT2D eigenvalue weighted by atomic mass is 32.1. The molecule has 1 aliphatic rings. The lowest BCUT2D eigenvalue weighted by Gasteiger charge is -2.11. The van der Waals surface area contributed by atoms with E-state index >= 15 is 0 Å². The molecule has 1 aromatic carbocycles. The maximum Gasteiger partial charge on any atom is 0.305 e. The van der Waals surface area contributed by atoms with Crippen molar-refractivity contribution in [3.63, 3.8) is 0 Å². The molecule has 3 rings (SSSR count). The third-order valence-electron chi connectivity index (χ3n) is 2.92. The molecule has 7 nitrogen and oxygen atoms in total. The van der Waals surface area contributed by atoms with E-state index in [1.54, 1.807) is 12.1 Å². The zero-order chi connectivity index (χ0) is 15.4. The molecule has 0 atom stereocenters. The largest absolute Gasteiger partial charge is 0.459 e. The molecule has 0 bridgehead atoms. The molecule has 1 aliphatic heterocycles. The molecule has 3 N–H and O–H groups in total. The highest BCUT2D eigenvalue weighted by Gasteiger charge is 2.13. The number of hydrogen-bond donors (Lipinski definition) is 3. The van der Waals surface area contributed by atoms with Crippen LogP contribution < -0.4 is 25.6 Å². The van der Waals surface area contributed by atoms with Gasteiger partial charge in [-0.2, -0.15) is 0 Å². The first-order valence-corrected chi connectivity index (χ1v) is 6.89. The number of hydrogen-bond acceptors (Lipinski definition) is 5. The molecule has 0 radical (unpaired) electrons. The molecule has 0 fully saturated rings. The van der Waals surface area contributed by atoms with E-state index in [2.05, 4.69) is 16.2 Å². The van der Waals surface area contributed by atoms with E-state index in [-0.39, 0.29) is 17.7 Å². The zero-order valence-electron chi connectivity index (χ0n) is 11.4. The van der Waals surface area contributed by atoms with Gasteiger partial charge in [-0.15, -0.1) is 0 Å². The van der Waals surface area contributed by atoms with Gasteiger partial charge in [-0.1, -0.05) is 6.07 Å². The Kier molecular flexibility index (Phi) is 4.10. The minimum Gasteiger partial charge on any atom is -0.459 e. The van der Waals surface area contributed by atoms with Crippen molar-refractivity contribution in [2.45, 2.75) is 6.54 Å². The molecule has 0 spiro atoms. The summed E-state index contributed by atoms with van der Waals surface area (Å²) in [5, 5.41) is 3.26. The molecule has 0 saturated heterocycles. The molecule has 22 heavy (non-hydrogen) atoms. The summed E-state index contributed by atoms with van der Waals surface area (Å²) in [5.41, 5.74) is 6.01. The van der Waals surface area contributed by atoms with E-state index < -0.39 is 5.91 Å². The van der Waals surface area contributed by atoms with E-state index in [1.165, 1.54) is 6.26 Å². The summed E-state index contributed by atoms with van der Waals surface area (Å²) in [4.78, 5) is 11.6. The van der Waals surface area contributed by atoms with Crippen LogP contribution in [-0.4, -0.2) is 17.8 Å². The van der Waals surface area contributed by atoms with Crippen molar-refractivity contribution in [3.8, 4) is 11.5 Å².